The topological polar surface area (TPSA) is 94.9 Å². The van der Waals surface area contributed by atoms with Crippen LogP contribution in [0, 0.1) is 0 Å². The Hall–Kier alpha value is -3.56. The van der Waals surface area contributed by atoms with Gasteiger partial charge in [0.2, 0.25) is 0 Å². The summed E-state index contributed by atoms with van der Waals surface area (Å²) in [6, 6.07) is 18.9. The number of hydrogen-bond donors (Lipinski definition) is 2. The molecule has 2 N–H and O–H groups in total. The van der Waals surface area contributed by atoms with Crippen molar-refractivity contribution in [2.24, 2.45) is 10.2 Å². The number of amides is 1. The molecule has 3 aromatic rings. The van der Waals surface area contributed by atoms with E-state index in [2.05, 4.69) is 35.7 Å². The average molecular weight is 460 g/mol. The standard InChI is InChI=1S/C24H25N7OS/c1-31(2)13-12-25-22-14-20(27-23(29-22)17-8-4-3-5-9-17)24(32)28-19-11-7-6-10-18(19)21-15-33-16-26-30-21/h3-11,14,16H,12-13,15H2,1-2H3,(H,28,32)(H,25,27,29). The molecule has 0 saturated carbocycles. The fourth-order valence-corrected chi connectivity index (χ4v) is 3.77. The molecule has 0 spiro atoms. The average Bonchev–Trinajstić information content (AvgIpc) is 2.85. The van der Waals surface area contributed by atoms with Crippen molar-refractivity contribution in [3.05, 3.63) is 71.9 Å². The third-order valence-electron chi connectivity index (χ3n) is 4.86. The van der Waals surface area contributed by atoms with Crippen LogP contribution in [0.25, 0.3) is 11.4 Å². The van der Waals surface area contributed by atoms with E-state index in [1.807, 2.05) is 68.7 Å². The van der Waals surface area contributed by atoms with Gasteiger partial charge in [0.25, 0.3) is 5.91 Å². The number of carbonyl (C=O) groups excluding carboxylic acids is 1. The SMILES string of the molecule is CN(C)CCNc1cc(C(=O)Nc2ccccc2C2=NN=CSC2)nc(-c2ccccc2)n1. The highest BCUT2D eigenvalue weighted by Crippen LogP contribution is 2.22. The van der Waals surface area contributed by atoms with Crippen molar-refractivity contribution in [3.63, 3.8) is 0 Å². The second-order valence-corrected chi connectivity index (χ2v) is 8.47. The van der Waals surface area contributed by atoms with Gasteiger partial charge in [-0.05, 0) is 20.2 Å². The summed E-state index contributed by atoms with van der Waals surface area (Å²) in [5.74, 6) is 1.48. The van der Waals surface area contributed by atoms with Gasteiger partial charge in [-0.25, -0.2) is 9.97 Å². The van der Waals surface area contributed by atoms with Crippen LogP contribution >= 0.6 is 11.8 Å². The Morgan fingerprint density at radius 3 is 2.61 bits per heavy atom. The summed E-state index contributed by atoms with van der Waals surface area (Å²) in [6.07, 6.45) is 0. The van der Waals surface area contributed by atoms with Gasteiger partial charge in [0.05, 0.1) is 16.9 Å². The molecule has 33 heavy (non-hydrogen) atoms. The first-order valence-corrected chi connectivity index (χ1v) is 11.6. The molecule has 4 rings (SSSR count). The van der Waals surface area contributed by atoms with Crippen LogP contribution in [-0.4, -0.2) is 65.0 Å². The number of nitrogens with one attached hydrogen (secondary N) is 2. The number of benzene rings is 2. The van der Waals surface area contributed by atoms with E-state index in [1.54, 1.807) is 23.4 Å². The first kappa shape index (κ1) is 22.6. The summed E-state index contributed by atoms with van der Waals surface area (Å²) in [5.41, 5.74) is 5.16. The van der Waals surface area contributed by atoms with Crippen LogP contribution in [0.3, 0.4) is 0 Å². The lowest BCUT2D eigenvalue weighted by Gasteiger charge is -2.15. The highest BCUT2D eigenvalue weighted by Gasteiger charge is 2.17. The first-order valence-electron chi connectivity index (χ1n) is 10.5. The largest absolute Gasteiger partial charge is 0.369 e. The summed E-state index contributed by atoms with van der Waals surface area (Å²) in [5, 5.41) is 14.5. The van der Waals surface area contributed by atoms with Crippen LogP contribution < -0.4 is 10.6 Å². The third-order valence-corrected chi connectivity index (χ3v) is 5.55. The molecule has 0 radical (unpaired) electrons. The van der Waals surface area contributed by atoms with Crippen molar-refractivity contribution in [1.29, 1.82) is 0 Å². The van der Waals surface area contributed by atoms with Gasteiger partial charge < -0.3 is 15.5 Å². The first-order chi connectivity index (χ1) is 16.1. The molecule has 1 aliphatic rings. The molecule has 0 fully saturated rings. The molecule has 1 aromatic heterocycles. The van der Waals surface area contributed by atoms with Crippen molar-refractivity contribution in [2.45, 2.75) is 0 Å². The maximum Gasteiger partial charge on any atom is 0.274 e. The fraction of sp³-hybridized carbons (Fsp3) is 0.208. The quantitative estimate of drug-likeness (QED) is 0.531. The summed E-state index contributed by atoms with van der Waals surface area (Å²) in [7, 11) is 4.02. The molecular formula is C24H25N7OS. The number of thioether (sulfide) groups is 1. The van der Waals surface area contributed by atoms with Crippen LogP contribution in [0.15, 0.2) is 70.9 Å². The second-order valence-electron chi connectivity index (χ2n) is 7.64. The molecule has 9 heteroatoms. The lowest BCUT2D eigenvalue weighted by Crippen LogP contribution is -2.22. The number of rotatable bonds is 8. The molecule has 2 heterocycles. The van der Waals surface area contributed by atoms with Gasteiger partial charge >= 0.3 is 0 Å². The summed E-state index contributed by atoms with van der Waals surface area (Å²) in [6.45, 7) is 1.53. The molecule has 2 aromatic carbocycles. The number of para-hydroxylation sites is 1. The van der Waals surface area contributed by atoms with Gasteiger partial charge in [-0.1, -0.05) is 48.5 Å². The molecule has 1 aliphatic heterocycles. The zero-order valence-corrected chi connectivity index (χ0v) is 19.3. The predicted octanol–water partition coefficient (Wildman–Crippen LogP) is 3.85. The molecule has 1 amide bonds. The van der Waals surface area contributed by atoms with E-state index in [1.165, 1.54) is 0 Å². The molecular weight excluding hydrogens is 434 g/mol. The van der Waals surface area contributed by atoms with E-state index in [4.69, 9.17) is 0 Å². The van der Waals surface area contributed by atoms with Crippen LogP contribution in [-0.2, 0) is 0 Å². The molecule has 0 aliphatic carbocycles. The Labute approximate surface area is 197 Å². The predicted molar refractivity (Wildman–Crippen MR) is 136 cm³/mol. The number of nitrogens with zero attached hydrogens (tertiary/aromatic N) is 5. The molecule has 0 atom stereocenters. The van der Waals surface area contributed by atoms with Crippen molar-refractivity contribution >= 4 is 40.4 Å². The van der Waals surface area contributed by atoms with Crippen molar-refractivity contribution in [2.75, 3.05) is 43.6 Å². The summed E-state index contributed by atoms with van der Waals surface area (Å²) in [4.78, 5) is 24.5. The molecule has 168 valence electrons. The van der Waals surface area contributed by atoms with Gasteiger partial charge in [0.1, 0.15) is 11.5 Å². The van der Waals surface area contributed by atoms with Gasteiger partial charge in [0.15, 0.2) is 5.82 Å². The van der Waals surface area contributed by atoms with E-state index in [0.717, 1.165) is 23.4 Å². The minimum atomic E-state index is -0.315. The van der Waals surface area contributed by atoms with Gasteiger partial charge in [0, 0.05) is 36.0 Å². The number of hydrogen-bond acceptors (Lipinski definition) is 8. The Bertz CT molecular complexity index is 1180. The molecule has 8 nitrogen and oxygen atoms in total. The maximum atomic E-state index is 13.3. The third kappa shape index (κ3) is 6.03. The van der Waals surface area contributed by atoms with Crippen LogP contribution in [0.5, 0.6) is 0 Å². The Kier molecular flexibility index (Phi) is 7.43. The maximum absolute atomic E-state index is 13.3. The van der Waals surface area contributed by atoms with E-state index in [9.17, 15) is 4.79 Å². The fourth-order valence-electron chi connectivity index (χ4n) is 3.21. The van der Waals surface area contributed by atoms with Gasteiger partial charge in [-0.2, -0.15) is 10.2 Å². The number of likely N-dealkylation sites (N-methyl/N-ethyl adjacent to an activating group) is 1. The Balaban J connectivity index is 1.63. The van der Waals surface area contributed by atoms with Crippen LogP contribution in [0.2, 0.25) is 0 Å². The summed E-state index contributed by atoms with van der Waals surface area (Å²) < 4.78 is 0. The van der Waals surface area contributed by atoms with Crippen molar-refractivity contribution < 1.29 is 4.79 Å². The second kappa shape index (κ2) is 10.8. The van der Waals surface area contributed by atoms with E-state index < -0.39 is 0 Å². The summed E-state index contributed by atoms with van der Waals surface area (Å²) >= 11 is 1.57. The van der Waals surface area contributed by atoms with E-state index in [-0.39, 0.29) is 11.6 Å². The zero-order valence-electron chi connectivity index (χ0n) is 18.5. The van der Waals surface area contributed by atoms with Gasteiger partial charge in [-0.3, -0.25) is 4.79 Å². The van der Waals surface area contributed by atoms with Crippen LogP contribution in [0.4, 0.5) is 11.5 Å². The number of anilines is 2. The number of carbonyl (C=O) groups is 1. The minimum Gasteiger partial charge on any atom is -0.369 e. The highest BCUT2D eigenvalue weighted by molar-refractivity contribution is 8.12. The zero-order chi connectivity index (χ0) is 23.0. The normalized spacial score (nSPS) is 13.0. The molecule has 0 unspecified atom stereocenters. The monoisotopic (exact) mass is 459 g/mol. The number of aromatic nitrogens is 2. The van der Waals surface area contributed by atoms with E-state index in [0.29, 0.717) is 29.6 Å². The van der Waals surface area contributed by atoms with Crippen molar-refractivity contribution in [3.8, 4) is 11.4 Å². The Morgan fingerprint density at radius 1 is 1.06 bits per heavy atom. The van der Waals surface area contributed by atoms with Crippen LogP contribution in [0.1, 0.15) is 16.1 Å². The van der Waals surface area contributed by atoms with E-state index >= 15 is 0 Å². The lowest BCUT2D eigenvalue weighted by atomic mass is 10.1. The smallest absolute Gasteiger partial charge is 0.274 e. The minimum absolute atomic E-state index is 0.281. The van der Waals surface area contributed by atoms with Crippen molar-refractivity contribution in [1.82, 2.24) is 14.9 Å². The highest BCUT2D eigenvalue weighted by atomic mass is 32.2. The lowest BCUT2D eigenvalue weighted by molar-refractivity contribution is 0.102. The van der Waals surface area contributed by atoms with Gasteiger partial charge in [-0.15, -0.1) is 11.8 Å². The molecule has 0 bridgehead atoms. The molecule has 0 saturated heterocycles. The Morgan fingerprint density at radius 2 is 1.85 bits per heavy atom.